The Hall–Kier alpha value is -2.41. The van der Waals surface area contributed by atoms with Crippen LogP contribution in [0.2, 0.25) is 0 Å². The van der Waals surface area contributed by atoms with Crippen molar-refractivity contribution in [1.29, 1.82) is 0 Å². The maximum absolute atomic E-state index is 14.0. The number of aromatic carboxylic acids is 1. The Labute approximate surface area is 139 Å². The highest BCUT2D eigenvalue weighted by atomic mass is 32.2. The first kappa shape index (κ1) is 16.4. The minimum Gasteiger partial charge on any atom is -0.478 e. The summed E-state index contributed by atoms with van der Waals surface area (Å²) < 4.78 is 41.6. The van der Waals surface area contributed by atoms with Crippen LogP contribution in [0.5, 0.6) is 0 Å². The summed E-state index contributed by atoms with van der Waals surface area (Å²) in [6, 6.07) is 6.83. The van der Waals surface area contributed by atoms with E-state index in [9.17, 15) is 22.7 Å². The lowest BCUT2D eigenvalue weighted by Crippen LogP contribution is -2.17. The van der Waals surface area contributed by atoms with Crippen LogP contribution in [0, 0.1) is 12.7 Å². The lowest BCUT2D eigenvalue weighted by molar-refractivity contribution is 0.0696. The van der Waals surface area contributed by atoms with Gasteiger partial charge in [0.1, 0.15) is 5.82 Å². The van der Waals surface area contributed by atoms with Gasteiger partial charge in [-0.2, -0.15) is 0 Å². The summed E-state index contributed by atoms with van der Waals surface area (Å²) in [5, 5.41) is 9.20. The molecule has 1 aliphatic carbocycles. The van der Waals surface area contributed by atoms with Crippen molar-refractivity contribution >= 4 is 21.7 Å². The van der Waals surface area contributed by atoms with Gasteiger partial charge in [-0.05, 0) is 67.1 Å². The summed E-state index contributed by atoms with van der Waals surface area (Å²) in [6.07, 6.45) is 1.96. The lowest BCUT2D eigenvalue weighted by atomic mass is 10.1. The molecule has 7 heteroatoms. The van der Waals surface area contributed by atoms with Gasteiger partial charge in [0.2, 0.25) is 0 Å². The van der Waals surface area contributed by atoms with Crippen molar-refractivity contribution in [1.82, 2.24) is 0 Å². The average Bonchev–Trinajstić information content (AvgIpc) is 2.97. The van der Waals surface area contributed by atoms with E-state index in [1.807, 2.05) is 0 Å². The Morgan fingerprint density at radius 2 is 1.96 bits per heavy atom. The first-order valence-electron chi connectivity index (χ1n) is 7.46. The van der Waals surface area contributed by atoms with Crippen LogP contribution < -0.4 is 4.72 Å². The predicted molar refractivity (Wildman–Crippen MR) is 87.4 cm³/mol. The van der Waals surface area contributed by atoms with E-state index in [-0.39, 0.29) is 16.1 Å². The number of nitrogens with one attached hydrogen (secondary N) is 1. The van der Waals surface area contributed by atoms with Gasteiger partial charge in [-0.15, -0.1) is 0 Å². The number of carbonyl (C=O) groups is 1. The van der Waals surface area contributed by atoms with E-state index in [2.05, 4.69) is 4.72 Å². The van der Waals surface area contributed by atoms with Crippen LogP contribution in [0.1, 0.15) is 33.5 Å². The molecule has 5 nitrogen and oxygen atoms in total. The van der Waals surface area contributed by atoms with E-state index in [1.54, 1.807) is 13.0 Å². The molecule has 0 spiro atoms. The van der Waals surface area contributed by atoms with Crippen molar-refractivity contribution in [2.24, 2.45) is 0 Å². The average molecular weight is 349 g/mol. The molecule has 0 radical (unpaired) electrons. The van der Waals surface area contributed by atoms with Crippen LogP contribution in [0.3, 0.4) is 0 Å². The second-order valence-electron chi connectivity index (χ2n) is 5.86. The van der Waals surface area contributed by atoms with E-state index in [1.165, 1.54) is 18.2 Å². The highest BCUT2D eigenvalue weighted by molar-refractivity contribution is 7.92. The molecule has 0 fully saturated rings. The Bertz CT molecular complexity index is 938. The summed E-state index contributed by atoms with van der Waals surface area (Å²) in [4.78, 5) is 11.2. The molecule has 1 aliphatic rings. The molecule has 126 valence electrons. The second kappa shape index (κ2) is 5.90. The number of aryl methyl sites for hydroxylation is 2. The van der Waals surface area contributed by atoms with Gasteiger partial charge in [0.15, 0.2) is 0 Å². The van der Waals surface area contributed by atoms with Gasteiger partial charge in [-0.25, -0.2) is 17.6 Å². The first-order chi connectivity index (χ1) is 11.3. The molecular weight excluding hydrogens is 333 g/mol. The van der Waals surface area contributed by atoms with Gasteiger partial charge in [0, 0.05) is 0 Å². The zero-order valence-electron chi connectivity index (χ0n) is 13.0. The van der Waals surface area contributed by atoms with Crippen molar-refractivity contribution in [3.05, 3.63) is 58.4 Å². The smallest absolute Gasteiger partial charge is 0.335 e. The number of carboxylic acids is 1. The summed E-state index contributed by atoms with van der Waals surface area (Å²) >= 11 is 0. The monoisotopic (exact) mass is 349 g/mol. The van der Waals surface area contributed by atoms with E-state index in [0.29, 0.717) is 24.0 Å². The number of fused-ring (bicyclic) bond motifs is 1. The fraction of sp³-hybridized carbons (Fsp3) is 0.235. The van der Waals surface area contributed by atoms with Crippen molar-refractivity contribution in [2.75, 3.05) is 4.72 Å². The van der Waals surface area contributed by atoms with Crippen LogP contribution >= 0.6 is 0 Å². The molecule has 24 heavy (non-hydrogen) atoms. The fourth-order valence-corrected chi connectivity index (χ4v) is 4.34. The summed E-state index contributed by atoms with van der Waals surface area (Å²) in [7, 11) is -4.08. The first-order valence-corrected chi connectivity index (χ1v) is 8.94. The SMILES string of the molecule is Cc1ccc(NS(=O)(=O)c2cc(C(=O)O)cc3c2CCC3)c(F)c1. The number of hydrogen-bond donors (Lipinski definition) is 2. The fourth-order valence-electron chi connectivity index (χ4n) is 2.93. The normalized spacial score (nSPS) is 13.6. The molecule has 0 aliphatic heterocycles. The van der Waals surface area contributed by atoms with E-state index >= 15 is 0 Å². The summed E-state index contributed by atoms with van der Waals surface area (Å²) in [5.41, 5.74) is 1.76. The van der Waals surface area contributed by atoms with Crippen LogP contribution in [-0.2, 0) is 22.9 Å². The number of benzene rings is 2. The molecule has 0 unspecified atom stereocenters. The minimum atomic E-state index is -4.08. The summed E-state index contributed by atoms with van der Waals surface area (Å²) in [5.74, 6) is -1.87. The standard InChI is InChI=1S/C17H16FNO4S/c1-10-5-6-15(14(18)7-10)19-24(22,23)16-9-12(17(20)21)8-11-3-2-4-13(11)16/h5-9,19H,2-4H2,1H3,(H,20,21). The molecule has 0 aromatic heterocycles. The van der Waals surface area contributed by atoms with Crippen molar-refractivity contribution in [2.45, 2.75) is 31.1 Å². The molecule has 2 N–H and O–H groups in total. The van der Waals surface area contributed by atoms with Crippen LogP contribution in [0.4, 0.5) is 10.1 Å². The molecule has 0 bridgehead atoms. The van der Waals surface area contributed by atoms with E-state index in [4.69, 9.17) is 0 Å². The van der Waals surface area contributed by atoms with Gasteiger partial charge in [0.05, 0.1) is 16.1 Å². The predicted octanol–water partition coefficient (Wildman–Crippen LogP) is 3.12. The van der Waals surface area contributed by atoms with Gasteiger partial charge < -0.3 is 5.11 Å². The molecule has 0 saturated carbocycles. The highest BCUT2D eigenvalue weighted by Crippen LogP contribution is 2.31. The number of rotatable bonds is 4. The van der Waals surface area contributed by atoms with Gasteiger partial charge in [-0.3, -0.25) is 4.72 Å². The highest BCUT2D eigenvalue weighted by Gasteiger charge is 2.26. The molecule has 0 amide bonds. The Morgan fingerprint density at radius 1 is 1.21 bits per heavy atom. The molecule has 0 heterocycles. The van der Waals surface area contributed by atoms with Crippen molar-refractivity contribution < 1.29 is 22.7 Å². The Balaban J connectivity index is 2.08. The van der Waals surface area contributed by atoms with Gasteiger partial charge >= 0.3 is 5.97 Å². The zero-order chi connectivity index (χ0) is 17.5. The number of anilines is 1. The van der Waals surface area contributed by atoms with Gasteiger partial charge in [-0.1, -0.05) is 6.07 Å². The molecule has 3 rings (SSSR count). The third-order valence-corrected chi connectivity index (χ3v) is 5.51. The maximum Gasteiger partial charge on any atom is 0.335 e. The topological polar surface area (TPSA) is 83.5 Å². The van der Waals surface area contributed by atoms with Crippen molar-refractivity contribution in [3.8, 4) is 0 Å². The molecule has 2 aromatic rings. The van der Waals surface area contributed by atoms with E-state index < -0.39 is 21.8 Å². The number of sulfonamides is 1. The number of hydrogen-bond acceptors (Lipinski definition) is 3. The quantitative estimate of drug-likeness (QED) is 0.888. The molecule has 0 atom stereocenters. The maximum atomic E-state index is 14.0. The Morgan fingerprint density at radius 3 is 2.62 bits per heavy atom. The van der Waals surface area contributed by atoms with Crippen molar-refractivity contribution in [3.63, 3.8) is 0 Å². The molecule has 0 saturated heterocycles. The third-order valence-electron chi connectivity index (χ3n) is 4.08. The van der Waals surface area contributed by atoms with Crippen LogP contribution in [-0.4, -0.2) is 19.5 Å². The molecular formula is C17H16FNO4S. The van der Waals surface area contributed by atoms with E-state index in [0.717, 1.165) is 18.1 Å². The largest absolute Gasteiger partial charge is 0.478 e. The summed E-state index contributed by atoms with van der Waals surface area (Å²) in [6.45, 7) is 1.70. The number of halogens is 1. The van der Waals surface area contributed by atoms with Crippen LogP contribution in [0.25, 0.3) is 0 Å². The third kappa shape index (κ3) is 2.99. The number of carboxylic acid groups (broad SMARTS) is 1. The van der Waals surface area contributed by atoms with Crippen LogP contribution in [0.15, 0.2) is 35.2 Å². The Kier molecular flexibility index (Phi) is 4.04. The lowest BCUT2D eigenvalue weighted by Gasteiger charge is -2.14. The van der Waals surface area contributed by atoms with Gasteiger partial charge in [0.25, 0.3) is 10.0 Å². The molecule has 2 aromatic carbocycles. The second-order valence-corrected chi connectivity index (χ2v) is 7.51. The zero-order valence-corrected chi connectivity index (χ0v) is 13.8. The minimum absolute atomic E-state index is 0.0830.